The Labute approximate surface area is 181 Å². The number of aromatic nitrogens is 3. The first kappa shape index (κ1) is 19.9. The van der Waals surface area contributed by atoms with Crippen molar-refractivity contribution in [1.29, 1.82) is 0 Å². The van der Waals surface area contributed by atoms with Gasteiger partial charge in [-0.1, -0.05) is 36.4 Å². The maximum atomic E-state index is 12.9. The normalized spacial score (nSPS) is 16.0. The van der Waals surface area contributed by atoms with Gasteiger partial charge >= 0.3 is 0 Å². The molecule has 158 valence electrons. The fourth-order valence-corrected chi connectivity index (χ4v) is 5.43. The minimum absolute atomic E-state index is 0.348. The quantitative estimate of drug-likeness (QED) is 0.484. The first-order valence-electron chi connectivity index (χ1n) is 10.3. The highest BCUT2D eigenvalue weighted by Gasteiger charge is 2.29. The SMILES string of the molecule is O=S(=O)(c1ccccc1)N1CCN(Cc2nc3cccnc3n2-c2ccccc2)CC1. The number of nitrogens with zero attached hydrogens (tertiary/aromatic N) is 5. The van der Waals surface area contributed by atoms with Crippen molar-refractivity contribution >= 4 is 21.2 Å². The number of hydrogen-bond acceptors (Lipinski definition) is 5. The molecule has 0 amide bonds. The number of para-hydroxylation sites is 1. The maximum Gasteiger partial charge on any atom is 0.243 e. The summed E-state index contributed by atoms with van der Waals surface area (Å²) in [4.78, 5) is 12.0. The lowest BCUT2D eigenvalue weighted by Gasteiger charge is -2.33. The molecule has 0 aliphatic carbocycles. The fraction of sp³-hybridized carbons (Fsp3) is 0.217. The molecule has 4 aromatic rings. The lowest BCUT2D eigenvalue weighted by atomic mass is 10.3. The van der Waals surface area contributed by atoms with Crippen LogP contribution in [0.4, 0.5) is 0 Å². The Morgan fingerprint density at radius 2 is 1.48 bits per heavy atom. The van der Waals surface area contributed by atoms with Crippen molar-refractivity contribution in [2.45, 2.75) is 11.4 Å². The summed E-state index contributed by atoms with van der Waals surface area (Å²) in [6.07, 6.45) is 1.78. The molecule has 31 heavy (non-hydrogen) atoms. The van der Waals surface area contributed by atoms with Crippen LogP contribution in [0.25, 0.3) is 16.9 Å². The number of benzene rings is 2. The van der Waals surface area contributed by atoms with Crippen LogP contribution in [0.5, 0.6) is 0 Å². The van der Waals surface area contributed by atoms with Gasteiger partial charge < -0.3 is 0 Å². The highest BCUT2D eigenvalue weighted by molar-refractivity contribution is 7.89. The Balaban J connectivity index is 1.37. The van der Waals surface area contributed by atoms with Crippen LogP contribution in [0, 0.1) is 0 Å². The smallest absolute Gasteiger partial charge is 0.243 e. The predicted molar refractivity (Wildman–Crippen MR) is 119 cm³/mol. The van der Waals surface area contributed by atoms with Crippen molar-refractivity contribution in [2.75, 3.05) is 26.2 Å². The van der Waals surface area contributed by atoms with Crippen LogP contribution in [0.1, 0.15) is 5.82 Å². The molecule has 8 heteroatoms. The van der Waals surface area contributed by atoms with Gasteiger partial charge in [-0.05, 0) is 36.4 Å². The number of sulfonamides is 1. The van der Waals surface area contributed by atoms with E-state index in [0.29, 0.717) is 37.6 Å². The van der Waals surface area contributed by atoms with E-state index in [-0.39, 0.29) is 0 Å². The second kappa shape index (κ2) is 8.22. The summed E-state index contributed by atoms with van der Waals surface area (Å²) in [5, 5.41) is 0. The van der Waals surface area contributed by atoms with Crippen LogP contribution in [0.3, 0.4) is 0 Å². The van der Waals surface area contributed by atoms with E-state index in [9.17, 15) is 8.42 Å². The first-order chi connectivity index (χ1) is 15.1. The summed E-state index contributed by atoms with van der Waals surface area (Å²) in [6, 6.07) is 22.6. The van der Waals surface area contributed by atoms with Crippen molar-refractivity contribution in [3.05, 3.63) is 84.8 Å². The van der Waals surface area contributed by atoms with E-state index >= 15 is 0 Å². The standard InChI is InChI=1S/C23H23N5O2S/c29-31(30,20-10-5-2-6-11-20)27-16-14-26(15-17-27)18-22-25-21-12-7-13-24-23(21)28(22)19-8-3-1-4-9-19/h1-13H,14-18H2. The molecule has 0 unspecified atom stereocenters. The van der Waals surface area contributed by atoms with Gasteiger partial charge in [0.2, 0.25) is 10.0 Å². The number of fused-ring (bicyclic) bond motifs is 1. The topological polar surface area (TPSA) is 71.3 Å². The third kappa shape index (κ3) is 3.85. The second-order valence-electron chi connectivity index (χ2n) is 7.54. The molecule has 0 saturated carbocycles. The Hall–Kier alpha value is -3.07. The summed E-state index contributed by atoms with van der Waals surface area (Å²) in [5.41, 5.74) is 2.70. The number of rotatable bonds is 5. The van der Waals surface area contributed by atoms with E-state index < -0.39 is 10.0 Å². The van der Waals surface area contributed by atoms with Crippen LogP contribution < -0.4 is 0 Å². The second-order valence-corrected chi connectivity index (χ2v) is 9.48. The van der Waals surface area contributed by atoms with E-state index in [2.05, 4.69) is 14.5 Å². The van der Waals surface area contributed by atoms with Crippen molar-refractivity contribution in [3.8, 4) is 5.69 Å². The Morgan fingerprint density at radius 1 is 0.806 bits per heavy atom. The van der Waals surface area contributed by atoms with Crippen LogP contribution in [-0.2, 0) is 16.6 Å². The molecule has 7 nitrogen and oxygen atoms in total. The van der Waals surface area contributed by atoms with Crippen molar-refractivity contribution in [3.63, 3.8) is 0 Å². The van der Waals surface area contributed by atoms with Crippen LogP contribution in [-0.4, -0.2) is 58.3 Å². The lowest BCUT2D eigenvalue weighted by Crippen LogP contribution is -2.48. The van der Waals surface area contributed by atoms with Gasteiger partial charge in [0.05, 0.1) is 11.4 Å². The third-order valence-electron chi connectivity index (χ3n) is 5.58. The minimum atomic E-state index is -3.45. The van der Waals surface area contributed by atoms with Crippen LogP contribution in [0.15, 0.2) is 83.9 Å². The van der Waals surface area contributed by atoms with Gasteiger partial charge in [0.15, 0.2) is 5.65 Å². The van der Waals surface area contributed by atoms with Gasteiger partial charge in [0.1, 0.15) is 11.3 Å². The Morgan fingerprint density at radius 3 is 2.19 bits per heavy atom. The summed E-state index contributed by atoms with van der Waals surface area (Å²) < 4.78 is 29.4. The van der Waals surface area contributed by atoms with Crippen molar-refractivity contribution in [1.82, 2.24) is 23.7 Å². The van der Waals surface area contributed by atoms with Crippen molar-refractivity contribution < 1.29 is 8.42 Å². The molecule has 1 aliphatic heterocycles. The highest BCUT2D eigenvalue weighted by atomic mass is 32.2. The van der Waals surface area contributed by atoms with Gasteiger partial charge in [-0.25, -0.2) is 18.4 Å². The molecule has 5 rings (SSSR count). The maximum absolute atomic E-state index is 12.9. The molecule has 3 heterocycles. The summed E-state index contributed by atoms with van der Waals surface area (Å²) in [5.74, 6) is 0.902. The average Bonchev–Trinajstić information content (AvgIpc) is 3.18. The largest absolute Gasteiger partial charge is 0.293 e. The molecular weight excluding hydrogens is 410 g/mol. The zero-order valence-corrected chi connectivity index (χ0v) is 17.8. The zero-order valence-electron chi connectivity index (χ0n) is 17.0. The highest BCUT2D eigenvalue weighted by Crippen LogP contribution is 2.22. The third-order valence-corrected chi connectivity index (χ3v) is 7.49. The molecular formula is C23H23N5O2S. The van der Waals surface area contributed by atoms with E-state index in [1.54, 1.807) is 34.8 Å². The zero-order chi connectivity index (χ0) is 21.3. The fourth-order valence-electron chi connectivity index (χ4n) is 3.98. The lowest BCUT2D eigenvalue weighted by molar-refractivity contribution is 0.177. The van der Waals surface area contributed by atoms with Gasteiger partial charge in [0.25, 0.3) is 0 Å². The summed E-state index contributed by atoms with van der Waals surface area (Å²) in [7, 11) is -3.45. The number of piperazine rings is 1. The average molecular weight is 434 g/mol. The molecule has 0 spiro atoms. The van der Waals surface area contributed by atoms with E-state index in [1.165, 1.54) is 0 Å². The van der Waals surface area contributed by atoms with Gasteiger partial charge in [-0.15, -0.1) is 0 Å². The molecule has 1 saturated heterocycles. The number of hydrogen-bond donors (Lipinski definition) is 0. The van der Waals surface area contributed by atoms with E-state index in [4.69, 9.17) is 4.98 Å². The minimum Gasteiger partial charge on any atom is -0.293 e. The molecule has 0 radical (unpaired) electrons. The molecule has 2 aromatic carbocycles. The van der Waals surface area contributed by atoms with Crippen LogP contribution in [0.2, 0.25) is 0 Å². The number of pyridine rings is 1. The van der Waals surface area contributed by atoms with Crippen LogP contribution >= 0.6 is 0 Å². The predicted octanol–water partition coefficient (Wildman–Crippen LogP) is 2.93. The molecule has 1 fully saturated rings. The molecule has 1 aliphatic rings. The monoisotopic (exact) mass is 433 g/mol. The van der Waals surface area contributed by atoms with E-state index in [1.807, 2.05) is 48.5 Å². The van der Waals surface area contributed by atoms with Crippen molar-refractivity contribution in [2.24, 2.45) is 0 Å². The van der Waals surface area contributed by atoms with Gasteiger partial charge in [0, 0.05) is 38.1 Å². The molecule has 0 bridgehead atoms. The summed E-state index contributed by atoms with van der Waals surface area (Å²) >= 11 is 0. The Kier molecular flexibility index (Phi) is 5.27. The molecule has 0 atom stereocenters. The van der Waals surface area contributed by atoms with E-state index in [0.717, 1.165) is 22.7 Å². The first-order valence-corrected chi connectivity index (χ1v) is 11.7. The van der Waals surface area contributed by atoms with Gasteiger partial charge in [-0.3, -0.25) is 9.47 Å². The van der Waals surface area contributed by atoms with Gasteiger partial charge in [-0.2, -0.15) is 4.31 Å². The molecule has 2 aromatic heterocycles. The Bertz CT molecular complexity index is 1280. The molecule has 0 N–H and O–H groups in total. The number of imidazole rings is 1. The summed E-state index contributed by atoms with van der Waals surface area (Å²) in [6.45, 7) is 2.85.